The van der Waals surface area contributed by atoms with Crippen LogP contribution < -0.4 is 24.8 Å². The third-order valence-electron chi connectivity index (χ3n) is 6.81. The van der Waals surface area contributed by atoms with Crippen LogP contribution in [0.25, 0.3) is 0 Å². The minimum absolute atomic E-state index is 0.162. The maximum Gasteiger partial charge on any atom is 0.322 e. The third kappa shape index (κ3) is 5.37. The van der Waals surface area contributed by atoms with Crippen LogP contribution in [0.1, 0.15) is 11.3 Å². The summed E-state index contributed by atoms with van der Waals surface area (Å²) in [6.07, 6.45) is 0.659. The lowest BCUT2D eigenvalue weighted by Gasteiger charge is -2.37. The first-order chi connectivity index (χ1) is 17.9. The molecule has 2 aliphatic heterocycles. The second-order valence-electron chi connectivity index (χ2n) is 9.45. The van der Waals surface area contributed by atoms with Gasteiger partial charge in [0, 0.05) is 76.2 Å². The van der Waals surface area contributed by atoms with Crippen LogP contribution in [0, 0.1) is 5.82 Å². The summed E-state index contributed by atoms with van der Waals surface area (Å²) in [6, 6.07) is 13.8. The summed E-state index contributed by atoms with van der Waals surface area (Å²) in [5, 5.41) is 2.97. The maximum absolute atomic E-state index is 13.3. The monoisotopic (exact) mass is 505 g/mol. The summed E-state index contributed by atoms with van der Waals surface area (Å²) in [4.78, 5) is 31.1. The minimum Gasteiger partial charge on any atom is -0.497 e. The van der Waals surface area contributed by atoms with Crippen molar-refractivity contribution >= 4 is 29.2 Å². The Kier molecular flexibility index (Phi) is 6.98. The Balaban J connectivity index is 1.29. The summed E-state index contributed by atoms with van der Waals surface area (Å²) in [5.74, 6) is 2.02. The minimum atomic E-state index is -0.225. The molecule has 2 aliphatic rings. The van der Waals surface area contributed by atoms with E-state index in [1.165, 1.54) is 12.1 Å². The summed E-state index contributed by atoms with van der Waals surface area (Å²) >= 11 is 0. The topological polar surface area (TPSA) is 77.1 Å². The molecular formula is C27H32FN7O2. The van der Waals surface area contributed by atoms with E-state index in [4.69, 9.17) is 14.7 Å². The number of benzene rings is 2. The number of nitrogens with zero attached hydrogens (tertiary/aromatic N) is 6. The fraction of sp³-hybridized carbons (Fsp3) is 0.370. The number of rotatable bonds is 5. The van der Waals surface area contributed by atoms with Crippen LogP contribution in [0.2, 0.25) is 0 Å². The molecule has 0 spiro atoms. The molecule has 1 fully saturated rings. The van der Waals surface area contributed by atoms with Crippen LogP contribution in [0.3, 0.4) is 0 Å². The highest BCUT2D eigenvalue weighted by molar-refractivity contribution is 5.89. The van der Waals surface area contributed by atoms with Gasteiger partial charge in [-0.3, -0.25) is 0 Å². The molecule has 1 saturated heterocycles. The molecule has 2 amide bonds. The molecule has 0 aliphatic carbocycles. The van der Waals surface area contributed by atoms with E-state index in [1.807, 2.05) is 49.3 Å². The molecule has 0 saturated carbocycles. The third-order valence-corrected chi connectivity index (χ3v) is 6.81. The second-order valence-corrected chi connectivity index (χ2v) is 9.45. The highest BCUT2D eigenvalue weighted by atomic mass is 19.1. The molecule has 3 aromatic rings. The summed E-state index contributed by atoms with van der Waals surface area (Å²) in [6.45, 7) is 4.18. The van der Waals surface area contributed by atoms with Gasteiger partial charge in [0.1, 0.15) is 17.4 Å². The SMILES string of the molecule is COc1cccc(NC(=O)N2CCc3nc(N4CCN(c5ccc(F)cc5)CC4)nc(N(C)C)c3C2)c1. The van der Waals surface area contributed by atoms with Gasteiger partial charge < -0.3 is 29.7 Å². The molecule has 0 atom stereocenters. The van der Waals surface area contributed by atoms with Crippen LogP contribution >= 0.6 is 0 Å². The van der Waals surface area contributed by atoms with Crippen molar-refractivity contribution < 1.29 is 13.9 Å². The molecule has 10 heteroatoms. The number of carbonyl (C=O) groups is 1. The molecule has 1 aromatic heterocycles. The van der Waals surface area contributed by atoms with Gasteiger partial charge in [-0.2, -0.15) is 4.98 Å². The van der Waals surface area contributed by atoms with Gasteiger partial charge in [0.2, 0.25) is 5.95 Å². The molecule has 37 heavy (non-hydrogen) atoms. The van der Waals surface area contributed by atoms with Crippen molar-refractivity contribution in [3.63, 3.8) is 0 Å². The molecule has 0 unspecified atom stereocenters. The number of carbonyl (C=O) groups excluding carboxylic acids is 1. The van der Waals surface area contributed by atoms with Crippen LogP contribution in [0.5, 0.6) is 5.75 Å². The molecule has 0 bridgehead atoms. The van der Waals surface area contributed by atoms with Gasteiger partial charge in [-0.25, -0.2) is 14.2 Å². The average molecular weight is 506 g/mol. The first-order valence-electron chi connectivity index (χ1n) is 12.4. The van der Waals surface area contributed by atoms with Gasteiger partial charge in [-0.05, 0) is 36.4 Å². The Morgan fingerprint density at radius 1 is 1.00 bits per heavy atom. The maximum atomic E-state index is 13.3. The van der Waals surface area contributed by atoms with Crippen molar-refractivity contribution in [1.82, 2.24) is 14.9 Å². The standard InChI is InChI=1S/C27H32FN7O2/c1-32(2)25-23-18-35(27(36)29-20-5-4-6-22(17-20)37-3)12-11-24(23)30-26(31-25)34-15-13-33(14-16-34)21-9-7-19(28)8-10-21/h4-10,17H,11-16,18H2,1-3H3,(H,29,36). The second kappa shape index (κ2) is 10.5. The Labute approximate surface area is 216 Å². The predicted molar refractivity (Wildman–Crippen MR) is 143 cm³/mol. The van der Waals surface area contributed by atoms with E-state index in [0.29, 0.717) is 30.9 Å². The van der Waals surface area contributed by atoms with E-state index in [2.05, 4.69) is 15.1 Å². The van der Waals surface area contributed by atoms with Gasteiger partial charge in [0.05, 0.1) is 19.3 Å². The Morgan fingerprint density at radius 2 is 1.73 bits per heavy atom. The van der Waals surface area contributed by atoms with Gasteiger partial charge in [0.15, 0.2) is 0 Å². The smallest absolute Gasteiger partial charge is 0.322 e. The van der Waals surface area contributed by atoms with E-state index >= 15 is 0 Å². The first kappa shape index (κ1) is 24.6. The number of aromatic nitrogens is 2. The van der Waals surface area contributed by atoms with E-state index in [0.717, 1.165) is 54.9 Å². The van der Waals surface area contributed by atoms with Crippen molar-refractivity contribution in [1.29, 1.82) is 0 Å². The van der Waals surface area contributed by atoms with Crippen LogP contribution in [0.15, 0.2) is 48.5 Å². The number of methoxy groups -OCH3 is 1. The largest absolute Gasteiger partial charge is 0.497 e. The molecule has 1 N–H and O–H groups in total. The lowest BCUT2D eigenvalue weighted by Crippen LogP contribution is -2.47. The predicted octanol–water partition coefficient (Wildman–Crippen LogP) is 3.61. The lowest BCUT2D eigenvalue weighted by atomic mass is 10.1. The summed E-state index contributed by atoms with van der Waals surface area (Å²) in [7, 11) is 5.53. The molecule has 0 radical (unpaired) electrons. The number of anilines is 4. The van der Waals surface area contributed by atoms with Crippen LogP contribution in [-0.2, 0) is 13.0 Å². The van der Waals surface area contributed by atoms with Crippen molar-refractivity contribution in [2.45, 2.75) is 13.0 Å². The van der Waals surface area contributed by atoms with E-state index < -0.39 is 0 Å². The zero-order chi connectivity index (χ0) is 25.9. The fourth-order valence-electron chi connectivity index (χ4n) is 4.79. The molecule has 2 aromatic carbocycles. The molecule has 9 nitrogen and oxygen atoms in total. The zero-order valence-electron chi connectivity index (χ0n) is 21.4. The number of nitrogens with one attached hydrogen (secondary N) is 1. The first-order valence-corrected chi connectivity index (χ1v) is 12.4. The van der Waals surface area contributed by atoms with Crippen molar-refractivity contribution in [3.05, 3.63) is 65.6 Å². The van der Waals surface area contributed by atoms with E-state index in [-0.39, 0.29) is 11.8 Å². The number of fused-ring (bicyclic) bond motifs is 1. The van der Waals surface area contributed by atoms with Crippen molar-refractivity contribution in [3.8, 4) is 5.75 Å². The van der Waals surface area contributed by atoms with Gasteiger partial charge in [-0.1, -0.05) is 6.07 Å². The highest BCUT2D eigenvalue weighted by Gasteiger charge is 2.28. The van der Waals surface area contributed by atoms with Crippen LogP contribution in [0.4, 0.5) is 32.3 Å². The number of ether oxygens (including phenoxy) is 1. The Morgan fingerprint density at radius 3 is 2.43 bits per heavy atom. The summed E-state index contributed by atoms with van der Waals surface area (Å²) < 4.78 is 18.6. The number of hydrogen-bond donors (Lipinski definition) is 1. The number of piperazine rings is 1. The lowest BCUT2D eigenvalue weighted by molar-refractivity contribution is 0.206. The quantitative estimate of drug-likeness (QED) is 0.568. The van der Waals surface area contributed by atoms with Crippen molar-refractivity contribution in [2.24, 2.45) is 0 Å². The number of hydrogen-bond acceptors (Lipinski definition) is 7. The van der Waals surface area contributed by atoms with Crippen LogP contribution in [-0.4, -0.2) is 74.8 Å². The zero-order valence-corrected chi connectivity index (χ0v) is 21.4. The average Bonchev–Trinajstić information content (AvgIpc) is 2.92. The van der Waals surface area contributed by atoms with Gasteiger partial charge in [-0.15, -0.1) is 0 Å². The van der Waals surface area contributed by atoms with Gasteiger partial charge >= 0.3 is 6.03 Å². The highest BCUT2D eigenvalue weighted by Crippen LogP contribution is 2.29. The molecule has 5 rings (SSSR count). The molecule has 194 valence electrons. The van der Waals surface area contributed by atoms with E-state index in [1.54, 1.807) is 18.1 Å². The van der Waals surface area contributed by atoms with E-state index in [9.17, 15) is 9.18 Å². The van der Waals surface area contributed by atoms with Gasteiger partial charge in [0.25, 0.3) is 0 Å². The Bertz CT molecular complexity index is 1260. The molecular weight excluding hydrogens is 473 g/mol. The molecule has 3 heterocycles. The number of amides is 2. The van der Waals surface area contributed by atoms with Crippen molar-refractivity contribution in [2.75, 3.05) is 73.9 Å². The normalized spacial score (nSPS) is 15.3. The number of urea groups is 1. The Hall–Kier alpha value is -4.08. The number of halogens is 1. The fourth-order valence-corrected chi connectivity index (χ4v) is 4.79. The summed E-state index contributed by atoms with van der Waals surface area (Å²) in [5.41, 5.74) is 3.67.